The van der Waals surface area contributed by atoms with E-state index in [1.807, 2.05) is 32.0 Å². The summed E-state index contributed by atoms with van der Waals surface area (Å²) in [5, 5.41) is 5.62. The monoisotopic (exact) mass is 264 g/mol. The van der Waals surface area contributed by atoms with Crippen molar-refractivity contribution in [2.24, 2.45) is 0 Å². The number of fused-ring (bicyclic) bond motifs is 1. The molecule has 2 rings (SSSR count). The maximum Gasteiger partial charge on any atom is 0.314 e. The zero-order valence-electron chi connectivity index (χ0n) is 11.4. The summed E-state index contributed by atoms with van der Waals surface area (Å²) in [6.07, 6.45) is 1.80. The number of nitrogens with one attached hydrogen (secondary N) is 2. The molecular formula is C14H20N2O3. The summed E-state index contributed by atoms with van der Waals surface area (Å²) in [5.41, 5.74) is 1.19. The first-order chi connectivity index (χ1) is 9.15. The van der Waals surface area contributed by atoms with Gasteiger partial charge in [-0.15, -0.1) is 0 Å². The molecule has 19 heavy (non-hydrogen) atoms. The van der Waals surface area contributed by atoms with Crippen LogP contribution in [0, 0.1) is 0 Å². The van der Waals surface area contributed by atoms with Gasteiger partial charge in [-0.25, -0.2) is 4.79 Å². The van der Waals surface area contributed by atoms with Crippen molar-refractivity contribution in [3.05, 3.63) is 23.8 Å². The second-order valence-electron chi connectivity index (χ2n) is 4.85. The van der Waals surface area contributed by atoms with Crippen LogP contribution in [0.2, 0.25) is 0 Å². The fourth-order valence-corrected chi connectivity index (χ4v) is 1.90. The van der Waals surface area contributed by atoms with Crippen LogP contribution < -0.4 is 20.1 Å². The number of ether oxygens (including phenoxy) is 2. The summed E-state index contributed by atoms with van der Waals surface area (Å²) in [6, 6.07) is 6.00. The minimum atomic E-state index is -0.110. The van der Waals surface area contributed by atoms with Gasteiger partial charge in [-0.1, -0.05) is 6.07 Å². The molecule has 0 saturated carbocycles. The minimum absolute atomic E-state index is 0.110. The van der Waals surface area contributed by atoms with Gasteiger partial charge in [0, 0.05) is 12.6 Å². The highest BCUT2D eigenvalue weighted by Gasteiger charge is 2.12. The second kappa shape index (κ2) is 6.31. The average molecular weight is 264 g/mol. The number of hydrogen-bond donors (Lipinski definition) is 2. The van der Waals surface area contributed by atoms with Crippen molar-refractivity contribution in [3.8, 4) is 11.5 Å². The third-order valence-electron chi connectivity index (χ3n) is 2.78. The Morgan fingerprint density at radius 1 is 1.32 bits per heavy atom. The van der Waals surface area contributed by atoms with Crippen LogP contribution in [0.4, 0.5) is 4.79 Å². The van der Waals surface area contributed by atoms with Crippen molar-refractivity contribution in [1.29, 1.82) is 0 Å². The van der Waals surface area contributed by atoms with Crippen molar-refractivity contribution in [2.75, 3.05) is 13.3 Å². The van der Waals surface area contributed by atoms with Crippen molar-refractivity contribution < 1.29 is 14.3 Å². The molecule has 1 aliphatic rings. The van der Waals surface area contributed by atoms with Crippen LogP contribution in [0.1, 0.15) is 25.8 Å². The molecule has 0 atom stereocenters. The van der Waals surface area contributed by atoms with Crippen LogP contribution >= 0.6 is 0 Å². The number of urea groups is 1. The Balaban J connectivity index is 1.70. The molecule has 104 valence electrons. The van der Waals surface area contributed by atoms with E-state index >= 15 is 0 Å². The molecular weight excluding hydrogens is 244 g/mol. The van der Waals surface area contributed by atoms with Gasteiger partial charge in [0.1, 0.15) is 0 Å². The van der Waals surface area contributed by atoms with E-state index in [1.54, 1.807) is 0 Å². The molecule has 2 N–H and O–H groups in total. The Morgan fingerprint density at radius 3 is 2.89 bits per heavy atom. The summed E-state index contributed by atoms with van der Waals surface area (Å²) >= 11 is 0. The molecule has 1 aromatic rings. The molecule has 0 spiro atoms. The van der Waals surface area contributed by atoms with Gasteiger partial charge in [0.05, 0.1) is 0 Å². The molecule has 5 nitrogen and oxygen atoms in total. The molecule has 1 aromatic carbocycles. The largest absolute Gasteiger partial charge is 0.454 e. The van der Waals surface area contributed by atoms with Crippen LogP contribution in [-0.4, -0.2) is 25.4 Å². The number of amides is 2. The van der Waals surface area contributed by atoms with Gasteiger partial charge >= 0.3 is 6.03 Å². The van der Waals surface area contributed by atoms with E-state index in [2.05, 4.69) is 10.6 Å². The molecule has 0 aromatic heterocycles. The first kappa shape index (κ1) is 13.5. The van der Waals surface area contributed by atoms with Crippen LogP contribution in [0.3, 0.4) is 0 Å². The zero-order chi connectivity index (χ0) is 13.7. The Kier molecular flexibility index (Phi) is 4.49. The van der Waals surface area contributed by atoms with Gasteiger partial charge in [-0.2, -0.15) is 0 Å². The maximum absolute atomic E-state index is 11.4. The number of carbonyl (C=O) groups excluding carboxylic acids is 1. The van der Waals surface area contributed by atoms with E-state index in [4.69, 9.17) is 9.47 Å². The molecule has 2 amide bonds. The fourth-order valence-electron chi connectivity index (χ4n) is 1.90. The number of carbonyl (C=O) groups is 1. The SMILES string of the molecule is CC(C)NC(=O)NCCCc1ccc2c(c1)OCO2. The summed E-state index contributed by atoms with van der Waals surface area (Å²) in [5.74, 6) is 1.61. The van der Waals surface area contributed by atoms with Gasteiger partial charge < -0.3 is 20.1 Å². The predicted molar refractivity (Wildman–Crippen MR) is 72.6 cm³/mol. The van der Waals surface area contributed by atoms with E-state index in [9.17, 15) is 4.79 Å². The van der Waals surface area contributed by atoms with Crippen molar-refractivity contribution in [2.45, 2.75) is 32.7 Å². The molecule has 1 aliphatic heterocycles. The van der Waals surface area contributed by atoms with Crippen LogP contribution in [0.5, 0.6) is 11.5 Å². The Labute approximate surface area is 113 Å². The van der Waals surface area contributed by atoms with Crippen LogP contribution in [0.15, 0.2) is 18.2 Å². The van der Waals surface area contributed by atoms with E-state index in [0.29, 0.717) is 13.3 Å². The fraction of sp³-hybridized carbons (Fsp3) is 0.500. The number of benzene rings is 1. The van der Waals surface area contributed by atoms with E-state index in [-0.39, 0.29) is 12.1 Å². The maximum atomic E-state index is 11.4. The predicted octanol–water partition coefficient (Wildman–Crippen LogP) is 2.06. The van der Waals surface area contributed by atoms with E-state index < -0.39 is 0 Å². The van der Waals surface area contributed by atoms with Gasteiger partial charge in [-0.05, 0) is 44.4 Å². The van der Waals surface area contributed by atoms with Gasteiger partial charge in [0.15, 0.2) is 11.5 Å². The quantitative estimate of drug-likeness (QED) is 0.800. The highest BCUT2D eigenvalue weighted by molar-refractivity contribution is 5.73. The average Bonchev–Trinajstić information content (AvgIpc) is 2.81. The number of aryl methyl sites for hydroxylation is 1. The molecule has 1 heterocycles. The molecule has 0 saturated heterocycles. The third kappa shape index (κ3) is 4.05. The second-order valence-corrected chi connectivity index (χ2v) is 4.85. The van der Waals surface area contributed by atoms with E-state index in [1.165, 1.54) is 5.56 Å². The first-order valence-electron chi connectivity index (χ1n) is 6.58. The third-order valence-corrected chi connectivity index (χ3v) is 2.78. The van der Waals surface area contributed by atoms with E-state index in [0.717, 1.165) is 24.3 Å². The highest BCUT2D eigenvalue weighted by atomic mass is 16.7. The molecule has 0 radical (unpaired) electrons. The lowest BCUT2D eigenvalue weighted by Crippen LogP contribution is -2.39. The van der Waals surface area contributed by atoms with Crippen LogP contribution in [0.25, 0.3) is 0 Å². The van der Waals surface area contributed by atoms with Crippen molar-refractivity contribution >= 4 is 6.03 Å². The van der Waals surface area contributed by atoms with Crippen molar-refractivity contribution in [3.63, 3.8) is 0 Å². The lowest BCUT2D eigenvalue weighted by Gasteiger charge is -2.10. The standard InChI is InChI=1S/C14H20N2O3/c1-10(2)16-14(17)15-7-3-4-11-5-6-12-13(8-11)19-9-18-12/h5-6,8,10H,3-4,7,9H2,1-2H3,(H2,15,16,17). The van der Waals surface area contributed by atoms with Crippen LogP contribution in [-0.2, 0) is 6.42 Å². The highest BCUT2D eigenvalue weighted by Crippen LogP contribution is 2.32. The Morgan fingerprint density at radius 2 is 2.11 bits per heavy atom. The smallest absolute Gasteiger partial charge is 0.314 e. The zero-order valence-corrected chi connectivity index (χ0v) is 11.4. The summed E-state index contributed by atoms with van der Waals surface area (Å²) in [4.78, 5) is 11.4. The Hall–Kier alpha value is -1.91. The summed E-state index contributed by atoms with van der Waals surface area (Å²) < 4.78 is 10.6. The van der Waals surface area contributed by atoms with Gasteiger partial charge in [0.25, 0.3) is 0 Å². The summed E-state index contributed by atoms with van der Waals surface area (Å²) in [6.45, 7) is 4.83. The number of rotatable bonds is 5. The van der Waals surface area contributed by atoms with Gasteiger partial charge in [-0.3, -0.25) is 0 Å². The van der Waals surface area contributed by atoms with Crippen molar-refractivity contribution in [1.82, 2.24) is 10.6 Å². The molecule has 0 bridgehead atoms. The minimum Gasteiger partial charge on any atom is -0.454 e. The molecule has 5 heteroatoms. The topological polar surface area (TPSA) is 59.6 Å². The lowest BCUT2D eigenvalue weighted by atomic mass is 10.1. The summed E-state index contributed by atoms with van der Waals surface area (Å²) in [7, 11) is 0. The molecule has 0 unspecified atom stereocenters. The first-order valence-corrected chi connectivity index (χ1v) is 6.58. The lowest BCUT2D eigenvalue weighted by molar-refractivity contribution is 0.174. The van der Waals surface area contributed by atoms with Gasteiger partial charge in [0.2, 0.25) is 6.79 Å². The molecule has 0 aliphatic carbocycles. The molecule has 0 fully saturated rings. The normalized spacial score (nSPS) is 12.6. The number of hydrogen-bond acceptors (Lipinski definition) is 3. The Bertz CT molecular complexity index is 446.